The zero-order chi connectivity index (χ0) is 11.5. The molecule has 86 valence electrons. The van der Waals surface area contributed by atoms with E-state index in [1.807, 2.05) is 24.3 Å². The maximum Gasteiger partial charge on any atom is 0.138 e. The summed E-state index contributed by atoms with van der Waals surface area (Å²) in [5.41, 5.74) is 1.07. The fraction of sp³-hybridized carbons (Fsp3) is 0.462. The molecule has 0 unspecified atom stereocenters. The Morgan fingerprint density at radius 2 is 2.00 bits per heavy atom. The molecule has 0 saturated carbocycles. The van der Waals surface area contributed by atoms with Gasteiger partial charge in [0.1, 0.15) is 5.78 Å². The first-order chi connectivity index (χ1) is 7.66. The third-order valence-corrected chi connectivity index (χ3v) is 3.40. The largest absolute Gasteiger partial charge is 0.302 e. The van der Waals surface area contributed by atoms with E-state index in [-0.39, 0.29) is 11.7 Å². The van der Waals surface area contributed by atoms with E-state index in [0.29, 0.717) is 0 Å². The van der Waals surface area contributed by atoms with Gasteiger partial charge in [0, 0.05) is 11.6 Å². The molecule has 1 fully saturated rings. The van der Waals surface area contributed by atoms with Gasteiger partial charge in [0.2, 0.25) is 0 Å². The van der Waals surface area contributed by atoms with Crippen LogP contribution in [0.25, 0.3) is 0 Å². The van der Waals surface area contributed by atoms with Crippen LogP contribution in [0, 0.1) is 0 Å². The van der Waals surface area contributed by atoms with Crippen molar-refractivity contribution < 1.29 is 4.79 Å². The lowest BCUT2D eigenvalue weighted by Gasteiger charge is -2.33. The number of benzene rings is 1. The zero-order valence-corrected chi connectivity index (χ0v) is 10.2. The van der Waals surface area contributed by atoms with Gasteiger partial charge in [-0.15, -0.1) is 0 Å². The number of hydrogen-bond acceptors (Lipinski definition) is 2. The Hall–Kier alpha value is -0.860. The first-order valence-electron chi connectivity index (χ1n) is 5.65. The molecule has 1 heterocycles. The fourth-order valence-electron chi connectivity index (χ4n) is 1.99. The second kappa shape index (κ2) is 4.98. The Balaban J connectivity index is 2.11. The van der Waals surface area contributed by atoms with Crippen LogP contribution < -0.4 is 0 Å². The van der Waals surface area contributed by atoms with Crippen molar-refractivity contribution in [2.75, 3.05) is 19.6 Å². The molecule has 2 rings (SSSR count). The number of ketones is 1. The van der Waals surface area contributed by atoms with Gasteiger partial charge < -0.3 is 4.90 Å². The first-order valence-corrected chi connectivity index (χ1v) is 6.03. The van der Waals surface area contributed by atoms with Gasteiger partial charge in [0.25, 0.3) is 0 Å². The van der Waals surface area contributed by atoms with E-state index in [9.17, 15) is 4.79 Å². The lowest BCUT2D eigenvalue weighted by molar-refractivity contribution is -0.119. The summed E-state index contributed by atoms with van der Waals surface area (Å²) in [5, 5.41) is 0.718. The molecular formula is C13H16ClNO. The minimum atomic E-state index is -0.00225. The molecule has 0 N–H and O–H groups in total. The van der Waals surface area contributed by atoms with Gasteiger partial charge in [-0.1, -0.05) is 23.7 Å². The van der Waals surface area contributed by atoms with Crippen molar-refractivity contribution in [2.24, 2.45) is 0 Å². The number of nitrogens with zero attached hydrogens (tertiary/aromatic N) is 1. The summed E-state index contributed by atoms with van der Waals surface area (Å²) >= 11 is 5.84. The number of Topliss-reactive ketones (excluding diaryl/α,β-unsaturated/α-hetero) is 1. The van der Waals surface area contributed by atoms with E-state index in [1.54, 1.807) is 6.92 Å². The molecule has 0 spiro atoms. The van der Waals surface area contributed by atoms with Crippen LogP contribution in [0.3, 0.4) is 0 Å². The Kier molecular flexibility index (Phi) is 3.62. The topological polar surface area (TPSA) is 20.3 Å². The van der Waals surface area contributed by atoms with E-state index in [2.05, 4.69) is 4.90 Å². The second-order valence-corrected chi connectivity index (χ2v) is 4.81. The molecule has 1 aromatic carbocycles. The number of carbonyl (C=O) groups excluding carboxylic acids is 1. The zero-order valence-electron chi connectivity index (χ0n) is 9.45. The highest BCUT2D eigenvalue weighted by molar-refractivity contribution is 6.30. The van der Waals surface area contributed by atoms with Gasteiger partial charge in [0.15, 0.2) is 0 Å². The predicted octanol–water partition coefficient (Wildman–Crippen LogP) is 2.72. The predicted molar refractivity (Wildman–Crippen MR) is 65.9 cm³/mol. The Morgan fingerprint density at radius 1 is 1.38 bits per heavy atom. The molecule has 0 aromatic heterocycles. The number of likely N-dealkylation sites (tertiary alicyclic amines) is 1. The highest BCUT2D eigenvalue weighted by Gasteiger charge is 2.23. The number of rotatable bonds is 4. The van der Waals surface area contributed by atoms with Crippen molar-refractivity contribution in [3.63, 3.8) is 0 Å². The van der Waals surface area contributed by atoms with Crippen LogP contribution >= 0.6 is 11.6 Å². The van der Waals surface area contributed by atoms with E-state index < -0.39 is 0 Å². The summed E-state index contributed by atoms with van der Waals surface area (Å²) in [5.74, 6) is 0.229. The summed E-state index contributed by atoms with van der Waals surface area (Å²) < 4.78 is 0. The molecule has 1 aromatic rings. The average molecular weight is 238 g/mol. The molecule has 1 aliphatic heterocycles. The number of carbonyl (C=O) groups is 1. The summed E-state index contributed by atoms with van der Waals surface area (Å²) in [6, 6.07) is 7.61. The van der Waals surface area contributed by atoms with E-state index in [0.717, 1.165) is 30.2 Å². The summed E-state index contributed by atoms with van der Waals surface area (Å²) in [6.45, 7) is 4.75. The van der Waals surface area contributed by atoms with Gasteiger partial charge >= 0.3 is 0 Å². The SMILES string of the molecule is CC(=O)[C@@H](CN1CCC1)c1ccc(Cl)cc1. The second-order valence-electron chi connectivity index (χ2n) is 4.37. The summed E-state index contributed by atoms with van der Waals surface area (Å²) in [4.78, 5) is 14.0. The molecule has 0 amide bonds. The normalized spacial score (nSPS) is 17.9. The molecule has 2 nitrogen and oxygen atoms in total. The molecule has 1 aliphatic rings. The van der Waals surface area contributed by atoms with Crippen LogP contribution in [-0.2, 0) is 4.79 Å². The van der Waals surface area contributed by atoms with Crippen molar-refractivity contribution in [1.29, 1.82) is 0 Å². The van der Waals surface area contributed by atoms with Crippen molar-refractivity contribution in [3.05, 3.63) is 34.9 Å². The Labute approximate surface area is 101 Å². The lowest BCUT2D eigenvalue weighted by Crippen LogP contribution is -2.41. The summed E-state index contributed by atoms with van der Waals surface area (Å²) in [6.07, 6.45) is 1.26. The van der Waals surface area contributed by atoms with Gasteiger partial charge in [-0.25, -0.2) is 0 Å². The number of hydrogen-bond donors (Lipinski definition) is 0. The van der Waals surface area contributed by atoms with Gasteiger partial charge in [0.05, 0.1) is 5.92 Å². The third-order valence-electron chi connectivity index (χ3n) is 3.15. The van der Waals surface area contributed by atoms with Gasteiger partial charge in [-0.3, -0.25) is 4.79 Å². The molecule has 0 aliphatic carbocycles. The van der Waals surface area contributed by atoms with Crippen LogP contribution in [0.15, 0.2) is 24.3 Å². The Bertz CT molecular complexity index is 370. The standard InChI is InChI=1S/C13H16ClNO/c1-10(16)13(9-15-7-2-8-15)11-3-5-12(14)6-4-11/h3-6,13H,2,7-9H2,1H3/t13-/m1/s1. The van der Waals surface area contributed by atoms with Gasteiger partial charge in [-0.05, 0) is 44.1 Å². The van der Waals surface area contributed by atoms with E-state index >= 15 is 0 Å². The van der Waals surface area contributed by atoms with E-state index in [1.165, 1.54) is 6.42 Å². The molecule has 16 heavy (non-hydrogen) atoms. The molecule has 1 saturated heterocycles. The third kappa shape index (κ3) is 2.63. The molecule has 3 heteroatoms. The van der Waals surface area contributed by atoms with Crippen LogP contribution in [0.4, 0.5) is 0 Å². The maximum atomic E-state index is 11.6. The molecule has 0 radical (unpaired) electrons. The highest BCUT2D eigenvalue weighted by Crippen LogP contribution is 2.22. The van der Waals surface area contributed by atoms with Crippen LogP contribution in [0.5, 0.6) is 0 Å². The minimum absolute atomic E-state index is 0.00225. The molecular weight excluding hydrogens is 222 g/mol. The monoisotopic (exact) mass is 237 g/mol. The van der Waals surface area contributed by atoms with Gasteiger partial charge in [-0.2, -0.15) is 0 Å². The molecule has 1 atom stereocenters. The van der Waals surface area contributed by atoms with Crippen molar-refractivity contribution in [3.8, 4) is 0 Å². The maximum absolute atomic E-state index is 11.6. The lowest BCUT2D eigenvalue weighted by atomic mass is 9.94. The van der Waals surface area contributed by atoms with Crippen LogP contribution in [0.1, 0.15) is 24.8 Å². The Morgan fingerprint density at radius 3 is 2.44 bits per heavy atom. The number of halogens is 1. The van der Waals surface area contributed by atoms with Crippen molar-refractivity contribution in [2.45, 2.75) is 19.3 Å². The van der Waals surface area contributed by atoms with Crippen molar-refractivity contribution in [1.82, 2.24) is 4.90 Å². The average Bonchev–Trinajstić information content (AvgIpc) is 2.18. The summed E-state index contributed by atoms with van der Waals surface area (Å²) in [7, 11) is 0. The smallest absolute Gasteiger partial charge is 0.138 e. The van der Waals surface area contributed by atoms with Crippen LogP contribution in [-0.4, -0.2) is 30.3 Å². The fourth-order valence-corrected chi connectivity index (χ4v) is 2.11. The molecule has 0 bridgehead atoms. The first kappa shape index (κ1) is 11.6. The van der Waals surface area contributed by atoms with Crippen LogP contribution in [0.2, 0.25) is 5.02 Å². The van der Waals surface area contributed by atoms with E-state index in [4.69, 9.17) is 11.6 Å². The quantitative estimate of drug-likeness (QED) is 0.803. The van der Waals surface area contributed by atoms with Crippen molar-refractivity contribution >= 4 is 17.4 Å². The highest BCUT2D eigenvalue weighted by atomic mass is 35.5. The minimum Gasteiger partial charge on any atom is -0.302 e.